The number of nitrogens with zero attached hydrogens (tertiary/aromatic N) is 1. The summed E-state index contributed by atoms with van der Waals surface area (Å²) in [4.78, 5) is 2.48. The van der Waals surface area contributed by atoms with Gasteiger partial charge in [-0.2, -0.15) is 0 Å². The Bertz CT molecular complexity index is 255. The van der Waals surface area contributed by atoms with E-state index in [2.05, 4.69) is 24.2 Å². The first-order chi connectivity index (χ1) is 9.79. The highest BCUT2D eigenvalue weighted by Crippen LogP contribution is 2.28. The van der Waals surface area contributed by atoms with Gasteiger partial charge in [0.1, 0.15) is 0 Å². The van der Waals surface area contributed by atoms with Crippen LogP contribution in [0.5, 0.6) is 0 Å². The van der Waals surface area contributed by atoms with Crippen molar-refractivity contribution in [2.45, 2.75) is 57.9 Å². The lowest BCUT2D eigenvalue weighted by Gasteiger charge is -2.35. The summed E-state index contributed by atoms with van der Waals surface area (Å²) in [6.07, 6.45) is 9.62. The van der Waals surface area contributed by atoms with Gasteiger partial charge in [-0.25, -0.2) is 0 Å². The number of ether oxygens (including phenoxy) is 1. The normalized spacial score (nSPS) is 27.1. The van der Waals surface area contributed by atoms with Gasteiger partial charge in [-0.3, -0.25) is 0 Å². The van der Waals surface area contributed by atoms with Crippen LogP contribution in [0.4, 0.5) is 0 Å². The molecule has 2 atom stereocenters. The Hall–Kier alpha value is -0.120. The smallest absolute Gasteiger partial charge is 0.0593 e. The summed E-state index contributed by atoms with van der Waals surface area (Å²) >= 11 is 0. The van der Waals surface area contributed by atoms with E-state index in [-0.39, 0.29) is 0 Å². The summed E-state index contributed by atoms with van der Waals surface area (Å²) in [5, 5.41) is 3.76. The zero-order chi connectivity index (χ0) is 14.2. The van der Waals surface area contributed by atoms with Crippen molar-refractivity contribution in [1.82, 2.24) is 10.2 Å². The van der Waals surface area contributed by atoms with E-state index in [0.29, 0.717) is 0 Å². The Kier molecular flexibility index (Phi) is 7.32. The molecule has 0 heterocycles. The lowest BCUT2D eigenvalue weighted by molar-refractivity contribution is 0.0930. The molecule has 2 aliphatic carbocycles. The van der Waals surface area contributed by atoms with Gasteiger partial charge in [0, 0.05) is 25.7 Å². The minimum atomic E-state index is 0.749. The maximum Gasteiger partial charge on any atom is 0.0593 e. The highest BCUT2D eigenvalue weighted by molar-refractivity contribution is 4.82. The molecule has 0 radical (unpaired) electrons. The van der Waals surface area contributed by atoms with Gasteiger partial charge in [0.25, 0.3) is 0 Å². The molecule has 0 spiro atoms. The van der Waals surface area contributed by atoms with Crippen LogP contribution in [0.15, 0.2) is 0 Å². The van der Waals surface area contributed by atoms with Crippen molar-refractivity contribution in [3.05, 3.63) is 0 Å². The lowest BCUT2D eigenvalue weighted by atomic mass is 9.84. The molecule has 0 aromatic heterocycles. The SMILES string of the molecule is CCCNC1CCCCC1CN(C)CCOCC1CC1. The number of likely N-dealkylation sites (N-methyl/N-ethyl adjacent to an activating group) is 1. The number of rotatable bonds is 10. The Morgan fingerprint density at radius 2 is 1.95 bits per heavy atom. The average Bonchev–Trinajstić information content (AvgIpc) is 3.27. The maximum atomic E-state index is 5.75. The molecule has 2 aliphatic rings. The van der Waals surface area contributed by atoms with E-state index >= 15 is 0 Å². The fraction of sp³-hybridized carbons (Fsp3) is 1.00. The largest absolute Gasteiger partial charge is 0.380 e. The number of nitrogens with one attached hydrogen (secondary N) is 1. The summed E-state index contributed by atoms with van der Waals surface area (Å²) in [6.45, 7) is 7.66. The predicted molar refractivity (Wildman–Crippen MR) is 85.1 cm³/mol. The third kappa shape index (κ3) is 6.11. The van der Waals surface area contributed by atoms with Gasteiger partial charge in [-0.1, -0.05) is 19.8 Å². The van der Waals surface area contributed by atoms with Gasteiger partial charge in [0.05, 0.1) is 6.61 Å². The molecule has 0 aliphatic heterocycles. The van der Waals surface area contributed by atoms with Gasteiger partial charge in [-0.15, -0.1) is 0 Å². The molecule has 2 unspecified atom stereocenters. The van der Waals surface area contributed by atoms with Crippen LogP contribution in [-0.4, -0.2) is 50.8 Å². The van der Waals surface area contributed by atoms with E-state index in [9.17, 15) is 0 Å². The second-order valence-electron chi connectivity index (χ2n) is 6.89. The Labute approximate surface area is 125 Å². The number of hydrogen-bond acceptors (Lipinski definition) is 3. The van der Waals surface area contributed by atoms with Crippen LogP contribution in [-0.2, 0) is 4.74 Å². The maximum absolute atomic E-state index is 5.75. The van der Waals surface area contributed by atoms with Crippen LogP contribution in [0.3, 0.4) is 0 Å². The van der Waals surface area contributed by atoms with E-state index in [0.717, 1.165) is 37.6 Å². The van der Waals surface area contributed by atoms with Crippen molar-refractivity contribution in [3.8, 4) is 0 Å². The molecule has 0 aromatic rings. The Morgan fingerprint density at radius 3 is 2.70 bits per heavy atom. The Morgan fingerprint density at radius 1 is 1.15 bits per heavy atom. The molecule has 2 fully saturated rings. The summed E-state index contributed by atoms with van der Waals surface area (Å²) < 4.78 is 5.75. The highest BCUT2D eigenvalue weighted by atomic mass is 16.5. The molecule has 0 bridgehead atoms. The molecule has 2 rings (SSSR count). The third-order valence-corrected chi connectivity index (χ3v) is 4.78. The minimum absolute atomic E-state index is 0.749. The van der Waals surface area contributed by atoms with Crippen molar-refractivity contribution in [1.29, 1.82) is 0 Å². The third-order valence-electron chi connectivity index (χ3n) is 4.78. The molecule has 3 nitrogen and oxygen atoms in total. The topological polar surface area (TPSA) is 24.5 Å². The average molecular weight is 282 g/mol. The molecular formula is C17H34N2O. The monoisotopic (exact) mass is 282 g/mol. The minimum Gasteiger partial charge on any atom is -0.380 e. The first-order valence-corrected chi connectivity index (χ1v) is 8.79. The zero-order valence-electron chi connectivity index (χ0n) is 13.6. The first kappa shape index (κ1) is 16.3. The summed E-state index contributed by atoms with van der Waals surface area (Å²) in [5.74, 6) is 1.73. The lowest BCUT2D eigenvalue weighted by Crippen LogP contribution is -2.44. The van der Waals surface area contributed by atoms with Crippen LogP contribution in [0.25, 0.3) is 0 Å². The summed E-state index contributed by atoms with van der Waals surface area (Å²) in [5.41, 5.74) is 0. The molecule has 118 valence electrons. The standard InChI is InChI=1S/C17H34N2O/c1-3-10-18-17-7-5-4-6-16(17)13-19(2)11-12-20-14-15-8-9-15/h15-18H,3-14H2,1-2H3. The number of hydrogen-bond donors (Lipinski definition) is 1. The van der Waals surface area contributed by atoms with E-state index in [1.54, 1.807) is 0 Å². The van der Waals surface area contributed by atoms with Crippen LogP contribution in [0.2, 0.25) is 0 Å². The van der Waals surface area contributed by atoms with Gasteiger partial charge in [-0.05, 0) is 57.5 Å². The molecule has 1 N–H and O–H groups in total. The van der Waals surface area contributed by atoms with Crippen molar-refractivity contribution in [2.75, 3.05) is 39.9 Å². The van der Waals surface area contributed by atoms with Crippen LogP contribution >= 0.6 is 0 Å². The van der Waals surface area contributed by atoms with Crippen molar-refractivity contribution < 1.29 is 4.74 Å². The second-order valence-corrected chi connectivity index (χ2v) is 6.89. The van der Waals surface area contributed by atoms with Gasteiger partial charge >= 0.3 is 0 Å². The highest BCUT2D eigenvalue weighted by Gasteiger charge is 2.25. The van der Waals surface area contributed by atoms with Gasteiger partial charge in [0.15, 0.2) is 0 Å². The van der Waals surface area contributed by atoms with Crippen molar-refractivity contribution >= 4 is 0 Å². The molecule has 3 heteroatoms. The van der Waals surface area contributed by atoms with Crippen LogP contribution in [0.1, 0.15) is 51.9 Å². The Balaban J connectivity index is 1.60. The summed E-state index contributed by atoms with van der Waals surface area (Å²) in [7, 11) is 2.26. The summed E-state index contributed by atoms with van der Waals surface area (Å²) in [6, 6.07) is 0.749. The molecule has 0 saturated heterocycles. The first-order valence-electron chi connectivity index (χ1n) is 8.79. The fourth-order valence-electron chi connectivity index (χ4n) is 3.27. The predicted octanol–water partition coefficient (Wildman–Crippen LogP) is 2.90. The van der Waals surface area contributed by atoms with Crippen molar-refractivity contribution in [2.24, 2.45) is 11.8 Å². The quantitative estimate of drug-likeness (QED) is 0.624. The second kappa shape index (κ2) is 9.01. The van der Waals surface area contributed by atoms with E-state index in [1.165, 1.54) is 58.0 Å². The fourth-order valence-corrected chi connectivity index (χ4v) is 3.27. The van der Waals surface area contributed by atoms with Gasteiger partial charge < -0.3 is 15.0 Å². The molecule has 20 heavy (non-hydrogen) atoms. The van der Waals surface area contributed by atoms with Gasteiger partial charge in [0.2, 0.25) is 0 Å². The molecule has 2 saturated carbocycles. The molecule has 0 amide bonds. The molecular weight excluding hydrogens is 248 g/mol. The van der Waals surface area contributed by atoms with E-state index < -0.39 is 0 Å². The van der Waals surface area contributed by atoms with Crippen molar-refractivity contribution in [3.63, 3.8) is 0 Å². The zero-order valence-corrected chi connectivity index (χ0v) is 13.6. The van der Waals surface area contributed by atoms with Crippen LogP contribution in [0, 0.1) is 11.8 Å². The van der Waals surface area contributed by atoms with Crippen LogP contribution < -0.4 is 5.32 Å². The molecule has 0 aromatic carbocycles. The van der Waals surface area contributed by atoms with E-state index in [1.807, 2.05) is 0 Å². The van der Waals surface area contributed by atoms with E-state index in [4.69, 9.17) is 4.74 Å².